The van der Waals surface area contributed by atoms with Crippen molar-refractivity contribution in [1.82, 2.24) is 4.90 Å². The maximum absolute atomic E-state index is 6.24. The van der Waals surface area contributed by atoms with Crippen LogP contribution >= 0.6 is 23.8 Å². The van der Waals surface area contributed by atoms with Crippen molar-refractivity contribution in [1.29, 1.82) is 0 Å². The molecule has 0 atom stereocenters. The van der Waals surface area contributed by atoms with Crippen molar-refractivity contribution < 1.29 is 9.32 Å². The summed E-state index contributed by atoms with van der Waals surface area (Å²) in [5.41, 5.74) is 0.837. The van der Waals surface area contributed by atoms with Gasteiger partial charge in [0.2, 0.25) is 0 Å². The van der Waals surface area contributed by atoms with Crippen LogP contribution in [0.1, 0.15) is 25.0 Å². The number of rotatable bonds is 7. The lowest BCUT2D eigenvalue weighted by molar-refractivity contribution is -0.887. The number of anilines is 1. The lowest BCUT2D eigenvalue weighted by Gasteiger charge is -2.26. The molecule has 2 N–H and O–H groups in total. The van der Waals surface area contributed by atoms with Gasteiger partial charge in [0.05, 0.1) is 43.2 Å². The summed E-state index contributed by atoms with van der Waals surface area (Å²) in [5.74, 6) is 0.914. The number of para-hydroxylation sites is 1. The molecule has 0 spiro atoms. The maximum atomic E-state index is 6.24. The lowest BCUT2D eigenvalue weighted by atomic mass is 10.3. The first kappa shape index (κ1) is 18.2. The van der Waals surface area contributed by atoms with Crippen LogP contribution in [0.2, 0.25) is 5.02 Å². The van der Waals surface area contributed by atoms with Gasteiger partial charge in [-0.25, -0.2) is 0 Å². The van der Waals surface area contributed by atoms with Crippen molar-refractivity contribution in [3.8, 4) is 0 Å². The zero-order chi connectivity index (χ0) is 17.5. The molecule has 0 unspecified atom stereocenters. The Hall–Kier alpha value is -1.56. The van der Waals surface area contributed by atoms with Gasteiger partial charge in [-0.1, -0.05) is 23.7 Å². The van der Waals surface area contributed by atoms with Gasteiger partial charge in [0.1, 0.15) is 5.76 Å². The molecule has 25 heavy (non-hydrogen) atoms. The summed E-state index contributed by atoms with van der Waals surface area (Å²) in [6, 6.07) is 11.6. The molecular weight excluding hydrogens is 354 g/mol. The number of nitrogens with zero attached hydrogens (tertiary/aromatic N) is 1. The Morgan fingerprint density at radius 3 is 2.72 bits per heavy atom. The number of hydrogen-bond donors (Lipinski definition) is 2. The number of likely N-dealkylation sites (tertiary alicyclic amines) is 1. The molecular formula is C19H25ClN3OS+. The van der Waals surface area contributed by atoms with E-state index in [4.69, 9.17) is 28.2 Å². The summed E-state index contributed by atoms with van der Waals surface area (Å²) in [5, 5.41) is 4.63. The average molecular weight is 379 g/mol. The Balaban J connectivity index is 1.60. The minimum Gasteiger partial charge on any atom is -0.467 e. The number of quaternary nitrogens is 1. The second kappa shape index (κ2) is 9.22. The Labute approximate surface area is 159 Å². The van der Waals surface area contributed by atoms with Gasteiger partial charge in [0.25, 0.3) is 0 Å². The van der Waals surface area contributed by atoms with Gasteiger partial charge in [0.15, 0.2) is 5.11 Å². The smallest absolute Gasteiger partial charge is 0.173 e. The molecule has 0 amide bonds. The van der Waals surface area contributed by atoms with E-state index in [1.165, 1.54) is 32.5 Å². The first-order chi connectivity index (χ1) is 12.2. The second-order valence-electron chi connectivity index (χ2n) is 6.47. The molecule has 0 radical (unpaired) electrons. The third-order valence-electron chi connectivity index (χ3n) is 4.60. The SMILES string of the molecule is S=C(Nc1ccccc1Cl)N(CCC[NH+]1CCCC1)Cc1ccco1. The average Bonchev–Trinajstić information content (AvgIpc) is 3.29. The van der Waals surface area contributed by atoms with Crippen LogP contribution in [-0.4, -0.2) is 36.2 Å². The molecule has 1 aromatic heterocycles. The minimum absolute atomic E-state index is 0.665. The van der Waals surface area contributed by atoms with Gasteiger partial charge < -0.3 is 19.5 Å². The summed E-state index contributed by atoms with van der Waals surface area (Å²) < 4.78 is 5.51. The van der Waals surface area contributed by atoms with E-state index in [1.54, 1.807) is 11.2 Å². The molecule has 134 valence electrons. The zero-order valence-electron chi connectivity index (χ0n) is 14.3. The second-order valence-corrected chi connectivity index (χ2v) is 7.27. The molecule has 0 saturated carbocycles. The van der Waals surface area contributed by atoms with Gasteiger partial charge >= 0.3 is 0 Å². The van der Waals surface area contributed by atoms with E-state index in [9.17, 15) is 0 Å². The van der Waals surface area contributed by atoms with Crippen LogP contribution in [0.25, 0.3) is 0 Å². The molecule has 1 aromatic carbocycles. The van der Waals surface area contributed by atoms with Crippen LogP contribution in [-0.2, 0) is 6.54 Å². The molecule has 1 aliphatic heterocycles. The van der Waals surface area contributed by atoms with Gasteiger partial charge in [0, 0.05) is 25.8 Å². The van der Waals surface area contributed by atoms with Crippen molar-refractivity contribution in [3.05, 3.63) is 53.4 Å². The van der Waals surface area contributed by atoms with Gasteiger partial charge in [-0.3, -0.25) is 0 Å². The van der Waals surface area contributed by atoms with Crippen LogP contribution < -0.4 is 10.2 Å². The molecule has 1 fully saturated rings. The highest BCUT2D eigenvalue weighted by Crippen LogP contribution is 2.21. The minimum atomic E-state index is 0.665. The highest BCUT2D eigenvalue weighted by molar-refractivity contribution is 7.80. The normalized spacial score (nSPS) is 14.6. The summed E-state index contributed by atoms with van der Waals surface area (Å²) in [7, 11) is 0. The van der Waals surface area contributed by atoms with E-state index in [2.05, 4.69) is 10.2 Å². The van der Waals surface area contributed by atoms with Gasteiger partial charge in [-0.15, -0.1) is 0 Å². The van der Waals surface area contributed by atoms with E-state index >= 15 is 0 Å². The number of thiocarbonyl (C=S) groups is 1. The van der Waals surface area contributed by atoms with Crippen molar-refractivity contribution in [3.63, 3.8) is 0 Å². The molecule has 0 aliphatic carbocycles. The van der Waals surface area contributed by atoms with Crippen molar-refractivity contribution in [2.24, 2.45) is 0 Å². The topological polar surface area (TPSA) is 32.9 Å². The van der Waals surface area contributed by atoms with E-state index in [0.717, 1.165) is 24.4 Å². The van der Waals surface area contributed by atoms with E-state index in [-0.39, 0.29) is 0 Å². The Kier molecular flexibility index (Phi) is 6.73. The monoisotopic (exact) mass is 378 g/mol. The Morgan fingerprint density at radius 2 is 2.00 bits per heavy atom. The predicted octanol–water partition coefficient (Wildman–Crippen LogP) is 3.20. The fraction of sp³-hybridized carbons (Fsp3) is 0.421. The Morgan fingerprint density at radius 1 is 1.20 bits per heavy atom. The van der Waals surface area contributed by atoms with Gasteiger partial charge in [-0.05, 0) is 36.5 Å². The lowest BCUT2D eigenvalue weighted by Crippen LogP contribution is -3.10. The van der Waals surface area contributed by atoms with Crippen molar-refractivity contribution in [2.45, 2.75) is 25.8 Å². The first-order valence-electron chi connectivity index (χ1n) is 8.89. The number of hydrogen-bond acceptors (Lipinski definition) is 2. The standard InChI is InChI=1S/C19H24ClN3OS/c20-17-8-1-2-9-18(17)21-19(25)23(15-16-7-5-14-24-16)13-6-12-22-10-3-4-11-22/h1-2,5,7-9,14H,3-4,6,10-13,15H2,(H,21,25)/p+1. The first-order valence-corrected chi connectivity index (χ1v) is 9.67. The molecule has 1 saturated heterocycles. The molecule has 2 aromatic rings. The molecule has 1 aliphatic rings. The van der Waals surface area contributed by atoms with E-state index in [1.807, 2.05) is 36.4 Å². The third kappa shape index (κ3) is 5.46. The molecule has 3 rings (SSSR count). The van der Waals surface area contributed by atoms with Crippen molar-refractivity contribution >= 4 is 34.6 Å². The number of nitrogens with one attached hydrogen (secondary N) is 2. The molecule has 0 bridgehead atoms. The van der Waals surface area contributed by atoms with Crippen LogP contribution in [0, 0.1) is 0 Å². The summed E-state index contributed by atoms with van der Waals surface area (Å²) in [4.78, 5) is 3.87. The fourth-order valence-corrected chi connectivity index (χ4v) is 3.69. The third-order valence-corrected chi connectivity index (χ3v) is 5.29. The number of halogens is 1. The highest BCUT2D eigenvalue weighted by Gasteiger charge is 2.17. The molecule has 2 heterocycles. The summed E-state index contributed by atoms with van der Waals surface area (Å²) >= 11 is 11.9. The van der Waals surface area contributed by atoms with E-state index < -0.39 is 0 Å². The van der Waals surface area contributed by atoms with Crippen LogP contribution in [0.3, 0.4) is 0 Å². The highest BCUT2D eigenvalue weighted by atomic mass is 35.5. The quantitative estimate of drug-likeness (QED) is 0.725. The largest absolute Gasteiger partial charge is 0.467 e. The summed E-state index contributed by atoms with van der Waals surface area (Å²) in [6.45, 7) is 5.38. The number of furan rings is 1. The number of benzene rings is 1. The van der Waals surface area contributed by atoms with Crippen LogP contribution in [0.4, 0.5) is 5.69 Å². The fourth-order valence-electron chi connectivity index (χ4n) is 3.24. The van der Waals surface area contributed by atoms with Crippen LogP contribution in [0.15, 0.2) is 47.1 Å². The van der Waals surface area contributed by atoms with E-state index in [0.29, 0.717) is 16.7 Å². The molecule has 4 nitrogen and oxygen atoms in total. The van der Waals surface area contributed by atoms with Gasteiger partial charge in [-0.2, -0.15) is 0 Å². The van der Waals surface area contributed by atoms with Crippen molar-refractivity contribution in [2.75, 3.05) is 31.5 Å². The maximum Gasteiger partial charge on any atom is 0.173 e. The van der Waals surface area contributed by atoms with Crippen LogP contribution in [0.5, 0.6) is 0 Å². The molecule has 6 heteroatoms. The zero-order valence-corrected chi connectivity index (χ0v) is 15.9. The Bertz CT molecular complexity index is 671. The summed E-state index contributed by atoms with van der Waals surface area (Å²) in [6.07, 6.45) is 5.53. The predicted molar refractivity (Wildman–Crippen MR) is 106 cm³/mol.